The Morgan fingerprint density at radius 3 is 2.55 bits per heavy atom. The zero-order chi connectivity index (χ0) is 23.4. The second-order valence-electron chi connectivity index (χ2n) is 8.78. The second kappa shape index (κ2) is 10.2. The third-order valence-corrected chi connectivity index (χ3v) is 9.07. The van der Waals surface area contributed by atoms with Crippen molar-refractivity contribution in [1.82, 2.24) is 15.2 Å². The van der Waals surface area contributed by atoms with E-state index in [1.807, 2.05) is 36.4 Å². The molecule has 0 spiro atoms. The molecule has 1 atom stereocenters. The average molecular weight is 488 g/mol. The van der Waals surface area contributed by atoms with Crippen LogP contribution >= 0.6 is 11.3 Å². The molecule has 1 aliphatic heterocycles. The predicted octanol–water partition coefficient (Wildman–Crippen LogP) is 3.35. The first-order valence-corrected chi connectivity index (χ1v) is 13.6. The molecule has 1 aliphatic carbocycles. The van der Waals surface area contributed by atoms with Crippen molar-refractivity contribution >= 4 is 39.3 Å². The summed E-state index contributed by atoms with van der Waals surface area (Å²) in [7, 11) is -3.55. The van der Waals surface area contributed by atoms with Gasteiger partial charge in [0.05, 0.1) is 4.88 Å². The summed E-state index contributed by atoms with van der Waals surface area (Å²) in [5.74, 6) is -0.296. The summed E-state index contributed by atoms with van der Waals surface area (Å²) < 4.78 is 26.6. The Balaban J connectivity index is 1.25. The van der Waals surface area contributed by atoms with Gasteiger partial charge in [-0.25, -0.2) is 8.42 Å². The fourth-order valence-electron chi connectivity index (χ4n) is 4.29. The maximum absolute atomic E-state index is 12.6. The minimum atomic E-state index is -3.55. The largest absolute Gasteiger partial charge is 0.279 e. The fraction of sp³-hybridized carbons (Fsp3) is 0.417. The maximum Gasteiger partial charge on any atom is 0.279 e. The molecule has 0 saturated carbocycles. The number of hydrogen-bond donors (Lipinski definition) is 2. The average Bonchev–Trinajstić information content (AvgIpc) is 3.25. The minimum Gasteiger partial charge on any atom is -0.273 e. The van der Waals surface area contributed by atoms with E-state index in [9.17, 15) is 18.0 Å². The summed E-state index contributed by atoms with van der Waals surface area (Å²) >= 11 is 1.50. The van der Waals surface area contributed by atoms with Gasteiger partial charge in [-0.05, 0) is 61.3 Å². The summed E-state index contributed by atoms with van der Waals surface area (Å²) in [6, 6.07) is 11.2. The standard InChI is InChI=1S/C24H29N3O4S2/c1-17-7-8-21-20(15-17)16-22(32-21)24(29)26-25-23(28)19-9-12-27(13-10-19)33(30,31)14-11-18-5-3-2-4-6-18/h2-6,11,14,16-17,19H,7-10,12-13,15H2,1H3,(H,25,28)(H,26,29)/b14-11+. The van der Waals surface area contributed by atoms with Crippen molar-refractivity contribution in [2.45, 2.75) is 39.0 Å². The Labute approximate surface area is 198 Å². The molecule has 7 nitrogen and oxygen atoms in total. The van der Waals surface area contributed by atoms with Gasteiger partial charge < -0.3 is 0 Å². The lowest BCUT2D eigenvalue weighted by Crippen LogP contribution is -2.47. The van der Waals surface area contributed by atoms with Gasteiger partial charge in [-0.15, -0.1) is 11.3 Å². The number of sulfonamides is 1. The van der Waals surface area contributed by atoms with Crippen molar-refractivity contribution in [3.05, 3.63) is 62.7 Å². The van der Waals surface area contributed by atoms with Gasteiger partial charge in [-0.1, -0.05) is 37.3 Å². The van der Waals surface area contributed by atoms with E-state index >= 15 is 0 Å². The van der Waals surface area contributed by atoms with Crippen molar-refractivity contribution in [3.8, 4) is 0 Å². The summed E-state index contributed by atoms with van der Waals surface area (Å²) in [4.78, 5) is 26.9. The molecule has 2 heterocycles. The molecular formula is C24H29N3O4S2. The van der Waals surface area contributed by atoms with Crippen LogP contribution in [0.2, 0.25) is 0 Å². The number of hydrogen-bond acceptors (Lipinski definition) is 5. The van der Waals surface area contributed by atoms with Crippen molar-refractivity contribution in [3.63, 3.8) is 0 Å². The highest BCUT2D eigenvalue weighted by Gasteiger charge is 2.30. The highest BCUT2D eigenvalue weighted by atomic mass is 32.2. The van der Waals surface area contributed by atoms with Crippen LogP contribution in [0.25, 0.3) is 6.08 Å². The van der Waals surface area contributed by atoms with E-state index in [0.717, 1.165) is 24.8 Å². The van der Waals surface area contributed by atoms with Crippen LogP contribution < -0.4 is 10.9 Å². The van der Waals surface area contributed by atoms with Crippen LogP contribution in [0.1, 0.15) is 51.9 Å². The first-order chi connectivity index (χ1) is 15.8. The van der Waals surface area contributed by atoms with E-state index in [1.165, 1.54) is 31.5 Å². The topological polar surface area (TPSA) is 95.6 Å². The maximum atomic E-state index is 12.6. The number of hydrazine groups is 1. The van der Waals surface area contributed by atoms with E-state index in [-0.39, 0.29) is 30.8 Å². The number of fused-ring (bicyclic) bond motifs is 1. The van der Waals surface area contributed by atoms with Crippen LogP contribution in [-0.4, -0.2) is 37.6 Å². The predicted molar refractivity (Wildman–Crippen MR) is 130 cm³/mol. The van der Waals surface area contributed by atoms with E-state index in [2.05, 4.69) is 17.8 Å². The number of aryl methyl sites for hydroxylation is 1. The first-order valence-electron chi connectivity index (χ1n) is 11.3. The van der Waals surface area contributed by atoms with Crippen molar-refractivity contribution < 1.29 is 18.0 Å². The van der Waals surface area contributed by atoms with Crippen LogP contribution in [0.4, 0.5) is 0 Å². The number of rotatable bonds is 5. The van der Waals surface area contributed by atoms with Crippen molar-refractivity contribution in [2.75, 3.05) is 13.1 Å². The molecule has 2 amide bonds. The van der Waals surface area contributed by atoms with E-state index < -0.39 is 10.0 Å². The number of piperidine rings is 1. The molecule has 1 saturated heterocycles. The molecule has 1 aromatic carbocycles. The lowest BCUT2D eigenvalue weighted by Gasteiger charge is -2.29. The number of carbonyl (C=O) groups excluding carboxylic acids is 2. The van der Waals surface area contributed by atoms with Gasteiger partial charge in [-0.2, -0.15) is 4.31 Å². The van der Waals surface area contributed by atoms with Crippen LogP contribution in [0.3, 0.4) is 0 Å². The highest BCUT2D eigenvalue weighted by Crippen LogP contribution is 2.32. The molecule has 0 bridgehead atoms. The number of nitrogens with zero attached hydrogens (tertiary/aromatic N) is 1. The molecule has 2 aliphatic rings. The highest BCUT2D eigenvalue weighted by molar-refractivity contribution is 7.92. The normalized spacial score (nSPS) is 19.8. The lowest BCUT2D eigenvalue weighted by atomic mass is 9.90. The van der Waals surface area contributed by atoms with Crippen LogP contribution in [0, 0.1) is 11.8 Å². The van der Waals surface area contributed by atoms with E-state index in [1.54, 1.807) is 6.08 Å². The smallest absolute Gasteiger partial charge is 0.273 e. The number of nitrogens with one attached hydrogen (secondary N) is 2. The zero-order valence-electron chi connectivity index (χ0n) is 18.6. The molecule has 2 aromatic rings. The molecule has 1 fully saturated rings. The van der Waals surface area contributed by atoms with Gasteiger partial charge in [-0.3, -0.25) is 20.4 Å². The molecule has 4 rings (SSSR count). The number of amides is 2. The molecule has 9 heteroatoms. The van der Waals surface area contributed by atoms with Crippen molar-refractivity contribution in [1.29, 1.82) is 0 Å². The van der Waals surface area contributed by atoms with Gasteiger partial charge in [0.1, 0.15) is 0 Å². The van der Waals surface area contributed by atoms with Crippen molar-refractivity contribution in [2.24, 2.45) is 11.8 Å². The quantitative estimate of drug-likeness (QED) is 0.633. The fourth-order valence-corrected chi connectivity index (χ4v) is 6.61. The van der Waals surface area contributed by atoms with E-state index in [0.29, 0.717) is 23.6 Å². The minimum absolute atomic E-state index is 0.267. The van der Waals surface area contributed by atoms with Crippen LogP contribution in [0.15, 0.2) is 41.8 Å². The third kappa shape index (κ3) is 5.90. The summed E-state index contributed by atoms with van der Waals surface area (Å²) in [5, 5.41) is 1.21. The Morgan fingerprint density at radius 1 is 1.09 bits per heavy atom. The van der Waals surface area contributed by atoms with Crippen LogP contribution in [-0.2, 0) is 27.7 Å². The molecule has 1 unspecified atom stereocenters. The Bertz CT molecular complexity index is 1130. The summed E-state index contributed by atoms with van der Waals surface area (Å²) in [5.41, 5.74) is 7.10. The number of benzene rings is 1. The zero-order valence-corrected chi connectivity index (χ0v) is 20.3. The molecule has 1 aromatic heterocycles. The lowest BCUT2D eigenvalue weighted by molar-refractivity contribution is -0.126. The second-order valence-corrected chi connectivity index (χ2v) is 11.7. The molecule has 33 heavy (non-hydrogen) atoms. The summed E-state index contributed by atoms with van der Waals surface area (Å²) in [6.07, 6.45) is 5.53. The van der Waals surface area contributed by atoms with Gasteiger partial charge in [0.25, 0.3) is 5.91 Å². The SMILES string of the molecule is CC1CCc2sc(C(=O)NNC(=O)C3CCN(S(=O)(=O)/C=C/c4ccccc4)CC3)cc2C1. The van der Waals surface area contributed by atoms with Gasteiger partial charge in [0.2, 0.25) is 15.9 Å². The summed E-state index contributed by atoms with van der Waals surface area (Å²) in [6.45, 7) is 2.75. The molecule has 0 radical (unpaired) electrons. The molecule has 176 valence electrons. The van der Waals surface area contributed by atoms with Gasteiger partial charge >= 0.3 is 0 Å². The Morgan fingerprint density at radius 2 is 1.82 bits per heavy atom. The third-order valence-electron chi connectivity index (χ3n) is 6.27. The van der Waals surface area contributed by atoms with Crippen LogP contribution in [0.5, 0.6) is 0 Å². The Hall–Kier alpha value is -2.49. The number of thiophene rings is 1. The Kier molecular flexibility index (Phi) is 7.31. The van der Waals surface area contributed by atoms with Gasteiger partial charge in [0, 0.05) is 29.3 Å². The first kappa shape index (κ1) is 23.7. The molecular weight excluding hydrogens is 458 g/mol. The van der Waals surface area contributed by atoms with E-state index in [4.69, 9.17) is 0 Å². The molecule has 2 N–H and O–H groups in total. The monoisotopic (exact) mass is 487 g/mol. The number of carbonyl (C=O) groups is 2. The van der Waals surface area contributed by atoms with Gasteiger partial charge in [0.15, 0.2) is 0 Å².